The molecule has 0 spiro atoms. The predicted octanol–water partition coefficient (Wildman–Crippen LogP) is 6.58. The molecule has 120 valence electrons. The summed E-state index contributed by atoms with van der Waals surface area (Å²) in [6.45, 7) is 9.97. The van der Waals surface area contributed by atoms with Crippen molar-refractivity contribution in [1.29, 1.82) is 0 Å². The summed E-state index contributed by atoms with van der Waals surface area (Å²) in [7, 11) is 0. The van der Waals surface area contributed by atoms with Gasteiger partial charge in [0.15, 0.2) is 0 Å². The molecule has 1 aromatic carbocycles. The van der Waals surface area contributed by atoms with Crippen LogP contribution < -0.4 is 0 Å². The Kier molecular flexibility index (Phi) is 4.47. The molecular weight excluding hydrogens is 284 g/mol. The number of allylic oxidation sites excluding steroid dienone is 2. The Hall–Kier alpha value is -0.690. The van der Waals surface area contributed by atoms with Crippen molar-refractivity contribution in [3.05, 3.63) is 42.0 Å². The van der Waals surface area contributed by atoms with Crippen LogP contribution in [0.5, 0.6) is 0 Å². The summed E-state index contributed by atoms with van der Waals surface area (Å²) in [6.07, 6.45) is 8.06. The molecule has 3 rings (SSSR count). The molecule has 0 nitrogen and oxygen atoms in total. The number of hydrogen-bond donors (Lipinski definition) is 0. The first-order valence-electron chi connectivity index (χ1n) is 8.78. The fourth-order valence-corrected chi connectivity index (χ4v) is 6.51. The van der Waals surface area contributed by atoms with Gasteiger partial charge in [-0.1, -0.05) is 57.0 Å². The van der Waals surface area contributed by atoms with E-state index in [0.717, 1.165) is 11.8 Å². The summed E-state index contributed by atoms with van der Waals surface area (Å²) < 4.78 is 0. The lowest BCUT2D eigenvalue weighted by Gasteiger charge is -2.56. The molecule has 0 aromatic heterocycles. The highest BCUT2D eigenvalue weighted by Gasteiger charge is 2.51. The third-order valence-electron chi connectivity index (χ3n) is 6.46. The van der Waals surface area contributed by atoms with E-state index in [0.29, 0.717) is 10.8 Å². The van der Waals surface area contributed by atoms with Crippen molar-refractivity contribution in [2.75, 3.05) is 5.75 Å². The summed E-state index contributed by atoms with van der Waals surface area (Å²) in [5.41, 5.74) is 2.63. The standard InChI is InChI=1S/C21H30S/c1-16-11-12-19-20(2,3)13-8-14-21(19,4)18(16)15-22-17-9-6-5-7-10-17/h5-7,9-11,18-19H,8,12-15H2,1-4H3. The van der Waals surface area contributed by atoms with Gasteiger partial charge in [0.1, 0.15) is 0 Å². The van der Waals surface area contributed by atoms with E-state index in [1.165, 1.54) is 36.3 Å². The number of hydrogen-bond acceptors (Lipinski definition) is 1. The molecule has 0 aliphatic heterocycles. The van der Waals surface area contributed by atoms with Gasteiger partial charge in [-0.05, 0) is 61.0 Å². The van der Waals surface area contributed by atoms with Gasteiger partial charge >= 0.3 is 0 Å². The van der Waals surface area contributed by atoms with Gasteiger partial charge < -0.3 is 0 Å². The van der Waals surface area contributed by atoms with E-state index in [1.807, 2.05) is 11.8 Å². The average Bonchev–Trinajstić information content (AvgIpc) is 2.46. The van der Waals surface area contributed by atoms with Crippen LogP contribution >= 0.6 is 11.8 Å². The second kappa shape index (κ2) is 6.07. The van der Waals surface area contributed by atoms with Crippen LogP contribution in [-0.4, -0.2) is 5.75 Å². The summed E-state index contributed by atoms with van der Waals surface area (Å²) in [5, 5.41) is 0. The average molecular weight is 315 g/mol. The minimum absolute atomic E-state index is 0.488. The van der Waals surface area contributed by atoms with E-state index in [9.17, 15) is 0 Å². The van der Waals surface area contributed by atoms with Gasteiger partial charge in [-0.25, -0.2) is 0 Å². The molecule has 2 aliphatic rings. The molecule has 1 aromatic rings. The Bertz CT molecular complexity index is 542. The van der Waals surface area contributed by atoms with Crippen LogP contribution in [0.4, 0.5) is 0 Å². The van der Waals surface area contributed by atoms with Crippen molar-refractivity contribution >= 4 is 11.8 Å². The third-order valence-corrected chi connectivity index (χ3v) is 7.56. The second-order valence-electron chi connectivity index (χ2n) is 8.26. The van der Waals surface area contributed by atoms with E-state index >= 15 is 0 Å². The Labute approximate surface area is 140 Å². The largest absolute Gasteiger partial charge is 0.126 e. The van der Waals surface area contributed by atoms with E-state index in [2.05, 4.69) is 64.1 Å². The first-order chi connectivity index (χ1) is 10.4. The minimum atomic E-state index is 0.488. The SMILES string of the molecule is CC1=CCC2C(C)(C)CCCC2(C)C1CSc1ccccc1. The first-order valence-corrected chi connectivity index (χ1v) is 9.76. The van der Waals surface area contributed by atoms with Crippen LogP contribution in [0.2, 0.25) is 0 Å². The number of thioether (sulfide) groups is 1. The summed E-state index contributed by atoms with van der Waals surface area (Å²) in [6, 6.07) is 10.9. The molecule has 1 fully saturated rings. The zero-order valence-corrected chi connectivity index (χ0v) is 15.4. The van der Waals surface area contributed by atoms with E-state index < -0.39 is 0 Å². The fraction of sp³-hybridized carbons (Fsp3) is 0.619. The van der Waals surface area contributed by atoms with E-state index in [-0.39, 0.29) is 0 Å². The van der Waals surface area contributed by atoms with Crippen LogP contribution in [0.3, 0.4) is 0 Å². The third kappa shape index (κ3) is 2.89. The Morgan fingerprint density at radius 1 is 1.09 bits per heavy atom. The molecular formula is C21H30S. The molecule has 2 aliphatic carbocycles. The molecule has 0 radical (unpaired) electrons. The molecule has 3 atom stereocenters. The number of fused-ring (bicyclic) bond motifs is 1. The normalized spacial score (nSPS) is 33.9. The molecule has 3 unspecified atom stereocenters. The highest BCUT2D eigenvalue weighted by Crippen LogP contribution is 2.60. The zero-order valence-electron chi connectivity index (χ0n) is 14.6. The Morgan fingerprint density at radius 2 is 1.82 bits per heavy atom. The second-order valence-corrected chi connectivity index (χ2v) is 9.35. The van der Waals surface area contributed by atoms with Gasteiger partial charge in [-0.15, -0.1) is 11.8 Å². The van der Waals surface area contributed by atoms with Crippen molar-refractivity contribution in [3.8, 4) is 0 Å². The van der Waals surface area contributed by atoms with Crippen LogP contribution in [-0.2, 0) is 0 Å². The molecule has 0 bridgehead atoms. The number of rotatable bonds is 3. The van der Waals surface area contributed by atoms with Crippen LogP contribution in [0.15, 0.2) is 46.9 Å². The Morgan fingerprint density at radius 3 is 2.55 bits per heavy atom. The molecule has 1 heteroatoms. The van der Waals surface area contributed by atoms with Crippen LogP contribution in [0.25, 0.3) is 0 Å². The minimum Gasteiger partial charge on any atom is -0.126 e. The maximum Gasteiger partial charge on any atom is 0.00721 e. The van der Waals surface area contributed by atoms with E-state index in [4.69, 9.17) is 0 Å². The maximum atomic E-state index is 2.59. The van der Waals surface area contributed by atoms with Crippen molar-refractivity contribution in [2.24, 2.45) is 22.7 Å². The smallest absolute Gasteiger partial charge is 0.00721 e. The van der Waals surface area contributed by atoms with Gasteiger partial charge in [-0.2, -0.15) is 0 Å². The summed E-state index contributed by atoms with van der Waals surface area (Å²) in [4.78, 5) is 1.41. The fourth-order valence-electron chi connectivity index (χ4n) is 5.16. The topological polar surface area (TPSA) is 0 Å². The maximum absolute atomic E-state index is 2.59. The molecule has 1 saturated carbocycles. The quantitative estimate of drug-likeness (QED) is 0.448. The summed E-state index contributed by atoms with van der Waals surface area (Å²) >= 11 is 2.04. The van der Waals surface area contributed by atoms with Gasteiger partial charge in [0.25, 0.3) is 0 Å². The van der Waals surface area contributed by atoms with Gasteiger partial charge in [0.2, 0.25) is 0 Å². The monoisotopic (exact) mass is 314 g/mol. The lowest BCUT2D eigenvalue weighted by Crippen LogP contribution is -2.49. The zero-order chi connectivity index (χ0) is 15.8. The molecule has 0 N–H and O–H groups in total. The van der Waals surface area contributed by atoms with Gasteiger partial charge in [0, 0.05) is 10.6 Å². The van der Waals surface area contributed by atoms with Gasteiger partial charge in [0.05, 0.1) is 0 Å². The van der Waals surface area contributed by atoms with Crippen molar-refractivity contribution in [1.82, 2.24) is 0 Å². The van der Waals surface area contributed by atoms with Gasteiger partial charge in [-0.3, -0.25) is 0 Å². The lowest BCUT2D eigenvalue weighted by molar-refractivity contribution is -0.0305. The highest BCUT2D eigenvalue weighted by atomic mass is 32.2. The molecule has 0 amide bonds. The Balaban J connectivity index is 1.82. The molecule has 22 heavy (non-hydrogen) atoms. The van der Waals surface area contributed by atoms with E-state index in [1.54, 1.807) is 5.57 Å². The summed E-state index contributed by atoms with van der Waals surface area (Å²) in [5.74, 6) is 2.81. The highest BCUT2D eigenvalue weighted by molar-refractivity contribution is 7.99. The number of benzene rings is 1. The van der Waals surface area contributed by atoms with Crippen molar-refractivity contribution in [2.45, 2.75) is 58.3 Å². The van der Waals surface area contributed by atoms with Crippen molar-refractivity contribution < 1.29 is 0 Å². The predicted molar refractivity (Wildman–Crippen MR) is 98.3 cm³/mol. The van der Waals surface area contributed by atoms with Crippen LogP contribution in [0.1, 0.15) is 53.4 Å². The first kappa shape index (κ1) is 16.2. The lowest BCUT2D eigenvalue weighted by atomic mass is 9.49. The van der Waals surface area contributed by atoms with Crippen molar-refractivity contribution in [3.63, 3.8) is 0 Å². The molecule has 0 saturated heterocycles. The molecule has 0 heterocycles. The van der Waals surface area contributed by atoms with Crippen LogP contribution in [0, 0.1) is 22.7 Å².